The van der Waals surface area contributed by atoms with E-state index in [0.29, 0.717) is 19.5 Å². The molecule has 1 atom stereocenters. The minimum Gasteiger partial charge on any atom is -0.396 e. The molecule has 0 aliphatic carbocycles. The molecule has 1 aliphatic rings. The van der Waals surface area contributed by atoms with Gasteiger partial charge in [-0.15, -0.1) is 0 Å². The molecule has 0 spiro atoms. The first-order chi connectivity index (χ1) is 15.0. The van der Waals surface area contributed by atoms with Crippen molar-refractivity contribution < 1.29 is 9.90 Å². The first-order valence-electron chi connectivity index (χ1n) is 11.4. The van der Waals surface area contributed by atoms with E-state index < -0.39 is 0 Å². The third-order valence-corrected chi connectivity index (χ3v) is 6.78. The van der Waals surface area contributed by atoms with Gasteiger partial charge < -0.3 is 14.6 Å². The van der Waals surface area contributed by atoms with Gasteiger partial charge in [0.1, 0.15) is 5.82 Å². The van der Waals surface area contributed by atoms with Crippen LogP contribution in [0.25, 0.3) is 11.0 Å². The van der Waals surface area contributed by atoms with Crippen LogP contribution in [0.15, 0.2) is 48.5 Å². The predicted molar refractivity (Wildman–Crippen MR) is 124 cm³/mol. The molecule has 2 heterocycles. The van der Waals surface area contributed by atoms with Gasteiger partial charge in [-0.25, -0.2) is 4.98 Å². The number of fused-ring (bicyclic) bond motifs is 1. The number of para-hydroxylation sites is 2. The number of nitrogens with zero attached hydrogens (tertiary/aromatic N) is 3. The minimum atomic E-state index is -0.254. The molecule has 1 unspecified atom stereocenters. The molecule has 5 heteroatoms. The molecule has 31 heavy (non-hydrogen) atoms. The fraction of sp³-hybridized carbons (Fsp3) is 0.462. The smallest absolute Gasteiger partial charge is 0.224 e. The Balaban J connectivity index is 1.46. The number of imidazole rings is 1. The first kappa shape index (κ1) is 21.6. The van der Waals surface area contributed by atoms with Gasteiger partial charge in [0.05, 0.1) is 17.6 Å². The number of piperidine rings is 1. The summed E-state index contributed by atoms with van der Waals surface area (Å²) in [6.45, 7) is 6.38. The van der Waals surface area contributed by atoms with Crippen LogP contribution in [0.4, 0.5) is 0 Å². The Labute approximate surface area is 184 Å². The number of likely N-dealkylation sites (tertiary alicyclic amines) is 1. The molecule has 3 aromatic rings. The van der Waals surface area contributed by atoms with E-state index in [4.69, 9.17) is 4.98 Å². The van der Waals surface area contributed by atoms with Gasteiger partial charge in [-0.2, -0.15) is 0 Å². The zero-order chi connectivity index (χ0) is 21.8. The lowest BCUT2D eigenvalue weighted by Crippen LogP contribution is -2.49. The van der Waals surface area contributed by atoms with Crippen molar-refractivity contribution in [3.8, 4) is 0 Å². The molecule has 1 saturated heterocycles. The van der Waals surface area contributed by atoms with Crippen LogP contribution in [-0.2, 0) is 24.2 Å². The van der Waals surface area contributed by atoms with Crippen molar-refractivity contribution in [1.82, 2.24) is 14.5 Å². The maximum Gasteiger partial charge on any atom is 0.224 e. The summed E-state index contributed by atoms with van der Waals surface area (Å²) in [4.78, 5) is 19.9. The highest BCUT2D eigenvalue weighted by Crippen LogP contribution is 2.34. The Morgan fingerprint density at radius 2 is 1.94 bits per heavy atom. The van der Waals surface area contributed by atoms with Crippen LogP contribution in [0.1, 0.15) is 43.1 Å². The lowest BCUT2D eigenvalue weighted by Gasteiger charge is -2.42. The van der Waals surface area contributed by atoms with E-state index in [1.54, 1.807) is 0 Å². The van der Waals surface area contributed by atoms with Crippen LogP contribution >= 0.6 is 0 Å². The number of hydrogen-bond donors (Lipinski definition) is 1. The van der Waals surface area contributed by atoms with Crippen LogP contribution in [-0.4, -0.2) is 45.2 Å². The second-order valence-electron chi connectivity index (χ2n) is 8.95. The van der Waals surface area contributed by atoms with Crippen LogP contribution in [0, 0.1) is 12.3 Å². The number of aryl methyl sites for hydroxylation is 3. The Kier molecular flexibility index (Phi) is 6.42. The van der Waals surface area contributed by atoms with Crippen molar-refractivity contribution in [2.24, 2.45) is 5.41 Å². The maximum atomic E-state index is 13.2. The van der Waals surface area contributed by atoms with Crippen molar-refractivity contribution in [1.29, 1.82) is 0 Å². The number of benzene rings is 2. The molecule has 0 bridgehead atoms. The molecule has 164 valence electrons. The van der Waals surface area contributed by atoms with Gasteiger partial charge in [-0.05, 0) is 49.4 Å². The second kappa shape index (κ2) is 9.23. The van der Waals surface area contributed by atoms with E-state index in [1.165, 1.54) is 11.1 Å². The van der Waals surface area contributed by atoms with Crippen molar-refractivity contribution >= 4 is 16.9 Å². The topological polar surface area (TPSA) is 58.4 Å². The number of carbonyl (C=O) groups excluding carboxylic acids is 1. The Bertz CT molecular complexity index is 1060. The Morgan fingerprint density at radius 3 is 2.71 bits per heavy atom. The summed E-state index contributed by atoms with van der Waals surface area (Å²) in [6.07, 6.45) is 4.00. The summed E-state index contributed by atoms with van der Waals surface area (Å²) in [5.74, 6) is 1.19. The largest absolute Gasteiger partial charge is 0.396 e. The molecule has 4 rings (SSSR count). The first-order valence-corrected chi connectivity index (χ1v) is 11.4. The molecule has 1 aromatic heterocycles. The minimum absolute atomic E-state index is 0.108. The number of aromatic nitrogens is 2. The Hall–Kier alpha value is -2.66. The zero-order valence-corrected chi connectivity index (χ0v) is 18.7. The van der Waals surface area contributed by atoms with Gasteiger partial charge in [0, 0.05) is 37.9 Å². The van der Waals surface area contributed by atoms with Gasteiger partial charge in [0.2, 0.25) is 5.91 Å². The lowest BCUT2D eigenvalue weighted by molar-refractivity contribution is -0.135. The molecule has 2 aromatic carbocycles. The van der Waals surface area contributed by atoms with Crippen LogP contribution in [0.5, 0.6) is 0 Å². The summed E-state index contributed by atoms with van der Waals surface area (Å²) in [7, 11) is 0. The van der Waals surface area contributed by atoms with E-state index in [0.717, 1.165) is 49.1 Å². The van der Waals surface area contributed by atoms with Crippen molar-refractivity contribution in [2.75, 3.05) is 19.7 Å². The van der Waals surface area contributed by atoms with Crippen LogP contribution in [0.2, 0.25) is 0 Å². The highest BCUT2D eigenvalue weighted by molar-refractivity contribution is 5.78. The molecule has 1 amide bonds. The van der Waals surface area contributed by atoms with E-state index in [-0.39, 0.29) is 17.9 Å². The number of aliphatic hydroxyl groups is 1. The monoisotopic (exact) mass is 419 g/mol. The normalized spacial score (nSPS) is 19.1. The second-order valence-corrected chi connectivity index (χ2v) is 8.95. The van der Waals surface area contributed by atoms with Crippen LogP contribution in [0.3, 0.4) is 0 Å². The highest BCUT2D eigenvalue weighted by atomic mass is 16.3. The molecule has 1 aliphatic heterocycles. The Morgan fingerprint density at radius 1 is 1.16 bits per heavy atom. The summed E-state index contributed by atoms with van der Waals surface area (Å²) >= 11 is 0. The van der Waals surface area contributed by atoms with Crippen molar-refractivity contribution in [2.45, 2.75) is 52.5 Å². The fourth-order valence-electron chi connectivity index (χ4n) is 4.97. The van der Waals surface area contributed by atoms with Gasteiger partial charge in [-0.3, -0.25) is 4.79 Å². The van der Waals surface area contributed by atoms with Gasteiger partial charge in [-0.1, -0.05) is 43.3 Å². The van der Waals surface area contributed by atoms with E-state index in [2.05, 4.69) is 42.7 Å². The van der Waals surface area contributed by atoms with E-state index in [9.17, 15) is 9.90 Å². The van der Waals surface area contributed by atoms with Crippen molar-refractivity contribution in [3.63, 3.8) is 0 Å². The lowest BCUT2D eigenvalue weighted by atomic mass is 9.75. The zero-order valence-electron chi connectivity index (χ0n) is 18.7. The number of carbonyl (C=O) groups is 1. The fourth-order valence-corrected chi connectivity index (χ4v) is 4.97. The number of aliphatic hydroxyl groups excluding tert-OH is 1. The molecular weight excluding hydrogens is 386 g/mol. The molecule has 0 saturated carbocycles. The van der Waals surface area contributed by atoms with Gasteiger partial charge in [0.15, 0.2) is 0 Å². The predicted octanol–water partition coefficient (Wildman–Crippen LogP) is 4.14. The van der Waals surface area contributed by atoms with E-state index in [1.807, 2.05) is 29.2 Å². The summed E-state index contributed by atoms with van der Waals surface area (Å²) in [5.41, 5.74) is 4.34. The maximum absolute atomic E-state index is 13.2. The summed E-state index contributed by atoms with van der Waals surface area (Å²) in [6, 6.07) is 16.5. The molecular formula is C26H33N3O2. The third kappa shape index (κ3) is 4.52. The van der Waals surface area contributed by atoms with Crippen molar-refractivity contribution in [3.05, 3.63) is 65.5 Å². The van der Waals surface area contributed by atoms with Crippen LogP contribution < -0.4 is 0 Å². The average molecular weight is 420 g/mol. The standard InChI is InChI=1S/C26H33N3O2/c1-3-24-27-22-11-6-7-12-23(22)29(24)16-13-25(31)28-15-8-14-26(18-28,19-30)17-21-10-5-4-9-20(21)2/h4-7,9-12,30H,3,8,13-19H2,1-2H3. The number of rotatable bonds is 7. The van der Waals surface area contributed by atoms with E-state index >= 15 is 0 Å². The molecule has 1 fully saturated rings. The molecule has 1 N–H and O–H groups in total. The molecule has 5 nitrogen and oxygen atoms in total. The quantitative estimate of drug-likeness (QED) is 0.626. The average Bonchev–Trinajstić information content (AvgIpc) is 3.17. The SMILES string of the molecule is CCc1nc2ccccc2n1CCC(=O)N1CCCC(CO)(Cc2ccccc2C)C1. The molecule has 0 radical (unpaired) electrons. The highest BCUT2D eigenvalue weighted by Gasteiger charge is 2.37. The number of hydrogen-bond acceptors (Lipinski definition) is 3. The summed E-state index contributed by atoms with van der Waals surface area (Å²) in [5, 5.41) is 10.3. The number of amides is 1. The third-order valence-electron chi connectivity index (χ3n) is 6.78. The summed E-state index contributed by atoms with van der Waals surface area (Å²) < 4.78 is 2.18. The van der Waals surface area contributed by atoms with Gasteiger partial charge >= 0.3 is 0 Å². The van der Waals surface area contributed by atoms with Gasteiger partial charge in [0.25, 0.3) is 0 Å².